The molecule has 108 valence electrons. The van der Waals surface area contributed by atoms with Crippen molar-refractivity contribution in [2.75, 3.05) is 7.11 Å². The van der Waals surface area contributed by atoms with Crippen LogP contribution in [-0.2, 0) is 6.54 Å². The Balaban J connectivity index is 1.81. The minimum atomic E-state index is -0.386. The Bertz CT molecular complexity index is 513. The Morgan fingerprint density at radius 3 is 2.85 bits per heavy atom. The highest BCUT2D eigenvalue weighted by atomic mass is 32.1. The van der Waals surface area contributed by atoms with E-state index in [2.05, 4.69) is 18.3 Å². The molecule has 0 saturated heterocycles. The van der Waals surface area contributed by atoms with Crippen LogP contribution >= 0.6 is 11.3 Å². The van der Waals surface area contributed by atoms with E-state index in [-0.39, 0.29) is 12.1 Å². The average molecular weight is 291 g/mol. The molecule has 2 aromatic rings. The predicted octanol–water partition coefficient (Wildman–Crippen LogP) is 3.36. The van der Waals surface area contributed by atoms with Crippen molar-refractivity contribution >= 4 is 11.3 Å². The summed E-state index contributed by atoms with van der Waals surface area (Å²) < 4.78 is 5.21. The van der Waals surface area contributed by atoms with Crippen LogP contribution in [0.15, 0.2) is 41.8 Å². The number of hydrogen-bond donors (Lipinski definition) is 2. The molecule has 1 aromatic carbocycles. The topological polar surface area (TPSA) is 41.5 Å². The van der Waals surface area contributed by atoms with Crippen LogP contribution in [0.5, 0.6) is 5.75 Å². The molecule has 0 aliphatic carbocycles. The predicted molar refractivity (Wildman–Crippen MR) is 83.2 cm³/mol. The van der Waals surface area contributed by atoms with E-state index < -0.39 is 0 Å². The second kappa shape index (κ2) is 7.43. The van der Waals surface area contributed by atoms with E-state index in [1.807, 2.05) is 35.7 Å². The summed E-state index contributed by atoms with van der Waals surface area (Å²) in [6, 6.07) is 12.2. The minimum Gasteiger partial charge on any atom is -0.497 e. The molecular formula is C16H21NO2S. The van der Waals surface area contributed by atoms with Crippen LogP contribution in [0.2, 0.25) is 0 Å². The van der Waals surface area contributed by atoms with Crippen LogP contribution in [0.4, 0.5) is 0 Å². The highest BCUT2D eigenvalue weighted by Crippen LogP contribution is 2.23. The van der Waals surface area contributed by atoms with Gasteiger partial charge in [-0.1, -0.05) is 18.2 Å². The summed E-state index contributed by atoms with van der Waals surface area (Å²) in [5, 5.41) is 15.5. The quantitative estimate of drug-likeness (QED) is 0.822. The molecule has 0 aliphatic rings. The van der Waals surface area contributed by atoms with Crippen molar-refractivity contribution in [2.45, 2.75) is 32.0 Å². The van der Waals surface area contributed by atoms with Crippen molar-refractivity contribution < 1.29 is 9.84 Å². The summed E-state index contributed by atoms with van der Waals surface area (Å²) in [5.74, 6) is 0.871. The van der Waals surface area contributed by atoms with Crippen LogP contribution in [-0.4, -0.2) is 18.3 Å². The number of benzene rings is 1. The standard InChI is InChI=1S/C16H21NO2S/c1-12(9-15(18)16-7-4-8-20-16)17-11-13-5-3-6-14(10-13)19-2/h3-8,10,12,15,17-18H,9,11H2,1-2H3. The molecule has 0 radical (unpaired) electrons. The lowest BCUT2D eigenvalue weighted by atomic mass is 10.1. The summed E-state index contributed by atoms with van der Waals surface area (Å²) in [6.07, 6.45) is 0.326. The molecule has 1 heterocycles. The Morgan fingerprint density at radius 2 is 2.15 bits per heavy atom. The lowest BCUT2D eigenvalue weighted by Crippen LogP contribution is -2.27. The molecule has 0 aliphatic heterocycles. The molecule has 0 fully saturated rings. The van der Waals surface area contributed by atoms with E-state index in [1.165, 1.54) is 5.56 Å². The van der Waals surface area contributed by atoms with Gasteiger partial charge in [-0.15, -0.1) is 11.3 Å². The van der Waals surface area contributed by atoms with Gasteiger partial charge < -0.3 is 15.2 Å². The molecule has 0 bridgehead atoms. The third-order valence-corrected chi connectivity index (χ3v) is 4.21. The lowest BCUT2D eigenvalue weighted by Gasteiger charge is -2.17. The Morgan fingerprint density at radius 1 is 1.30 bits per heavy atom. The van der Waals surface area contributed by atoms with Gasteiger partial charge in [0.25, 0.3) is 0 Å². The van der Waals surface area contributed by atoms with Gasteiger partial charge in [0.15, 0.2) is 0 Å². The fourth-order valence-corrected chi connectivity index (χ4v) is 2.81. The third-order valence-electron chi connectivity index (χ3n) is 3.24. The molecule has 0 spiro atoms. The monoisotopic (exact) mass is 291 g/mol. The minimum absolute atomic E-state index is 0.248. The fraction of sp³-hybridized carbons (Fsp3) is 0.375. The fourth-order valence-electron chi connectivity index (χ4n) is 2.09. The van der Waals surface area contributed by atoms with Crippen LogP contribution in [0.1, 0.15) is 29.9 Å². The highest BCUT2D eigenvalue weighted by molar-refractivity contribution is 7.10. The molecule has 3 nitrogen and oxygen atoms in total. The number of aliphatic hydroxyl groups is 1. The van der Waals surface area contributed by atoms with E-state index in [9.17, 15) is 5.11 Å². The zero-order valence-electron chi connectivity index (χ0n) is 11.9. The number of hydrogen-bond acceptors (Lipinski definition) is 4. The molecule has 20 heavy (non-hydrogen) atoms. The first-order valence-corrected chi connectivity index (χ1v) is 7.65. The van der Waals surface area contributed by atoms with Crippen LogP contribution in [0, 0.1) is 0 Å². The van der Waals surface area contributed by atoms with E-state index in [4.69, 9.17) is 4.74 Å². The number of nitrogens with one attached hydrogen (secondary N) is 1. The van der Waals surface area contributed by atoms with Crippen LogP contribution < -0.4 is 10.1 Å². The summed E-state index contributed by atoms with van der Waals surface area (Å²) in [4.78, 5) is 1.03. The van der Waals surface area contributed by atoms with Gasteiger partial charge in [0.05, 0.1) is 13.2 Å². The molecule has 4 heteroatoms. The zero-order valence-corrected chi connectivity index (χ0v) is 12.7. The van der Waals surface area contributed by atoms with Gasteiger partial charge >= 0.3 is 0 Å². The number of ether oxygens (including phenoxy) is 1. The molecule has 0 amide bonds. The largest absolute Gasteiger partial charge is 0.497 e. The maximum atomic E-state index is 10.1. The summed E-state index contributed by atoms with van der Waals surface area (Å²) in [6.45, 7) is 2.87. The van der Waals surface area contributed by atoms with Gasteiger partial charge in [0, 0.05) is 17.5 Å². The summed E-state index contributed by atoms with van der Waals surface area (Å²) >= 11 is 1.60. The number of thiophene rings is 1. The normalized spacial score (nSPS) is 13.9. The first-order valence-electron chi connectivity index (χ1n) is 6.77. The third kappa shape index (κ3) is 4.34. The Kier molecular flexibility index (Phi) is 5.59. The van der Waals surface area contributed by atoms with Crippen molar-refractivity contribution in [3.8, 4) is 5.75 Å². The SMILES string of the molecule is COc1cccc(CNC(C)CC(O)c2cccs2)c1. The lowest BCUT2D eigenvalue weighted by molar-refractivity contribution is 0.157. The second-order valence-corrected chi connectivity index (χ2v) is 5.88. The van der Waals surface area contributed by atoms with E-state index in [0.29, 0.717) is 6.42 Å². The van der Waals surface area contributed by atoms with Crippen molar-refractivity contribution in [3.05, 3.63) is 52.2 Å². The first-order chi connectivity index (χ1) is 9.69. The van der Waals surface area contributed by atoms with Crippen molar-refractivity contribution in [3.63, 3.8) is 0 Å². The van der Waals surface area contributed by atoms with Crippen molar-refractivity contribution in [1.29, 1.82) is 0 Å². The van der Waals surface area contributed by atoms with Gasteiger partial charge in [-0.2, -0.15) is 0 Å². The van der Waals surface area contributed by atoms with Gasteiger partial charge in [-0.25, -0.2) is 0 Å². The number of rotatable bonds is 7. The van der Waals surface area contributed by atoms with Gasteiger partial charge in [-0.05, 0) is 42.5 Å². The summed E-state index contributed by atoms with van der Waals surface area (Å²) in [5.41, 5.74) is 1.18. The van der Waals surface area contributed by atoms with E-state index >= 15 is 0 Å². The average Bonchev–Trinajstić information content (AvgIpc) is 2.99. The molecule has 2 N–H and O–H groups in total. The van der Waals surface area contributed by atoms with Crippen LogP contribution in [0.25, 0.3) is 0 Å². The molecule has 2 unspecified atom stereocenters. The Labute approximate surface area is 124 Å². The molecule has 1 aromatic heterocycles. The number of aliphatic hydroxyl groups excluding tert-OH is 1. The zero-order chi connectivity index (χ0) is 14.4. The molecule has 2 rings (SSSR count). The Hall–Kier alpha value is -1.36. The van der Waals surface area contributed by atoms with Gasteiger partial charge in [0.2, 0.25) is 0 Å². The van der Waals surface area contributed by atoms with Crippen molar-refractivity contribution in [1.82, 2.24) is 5.32 Å². The van der Waals surface area contributed by atoms with E-state index in [1.54, 1.807) is 18.4 Å². The van der Waals surface area contributed by atoms with Gasteiger partial charge in [0.1, 0.15) is 5.75 Å². The first kappa shape index (κ1) is 15.0. The van der Waals surface area contributed by atoms with E-state index in [0.717, 1.165) is 17.2 Å². The van der Waals surface area contributed by atoms with Crippen LogP contribution in [0.3, 0.4) is 0 Å². The summed E-state index contributed by atoms with van der Waals surface area (Å²) in [7, 11) is 1.67. The molecular weight excluding hydrogens is 270 g/mol. The smallest absolute Gasteiger partial charge is 0.119 e. The van der Waals surface area contributed by atoms with Gasteiger partial charge in [-0.3, -0.25) is 0 Å². The molecule has 0 saturated carbocycles. The highest BCUT2D eigenvalue weighted by Gasteiger charge is 2.12. The molecule has 2 atom stereocenters. The number of methoxy groups -OCH3 is 1. The maximum absolute atomic E-state index is 10.1. The second-order valence-electron chi connectivity index (χ2n) is 4.90. The maximum Gasteiger partial charge on any atom is 0.119 e. The van der Waals surface area contributed by atoms with Crippen molar-refractivity contribution in [2.24, 2.45) is 0 Å².